The Kier molecular flexibility index (Phi) is 8.33. The minimum Gasteiger partial charge on any atom is -0.493 e. The second-order valence-corrected chi connectivity index (χ2v) is 9.14. The molecule has 0 radical (unpaired) electrons. The summed E-state index contributed by atoms with van der Waals surface area (Å²) in [6.07, 6.45) is 0. The first-order chi connectivity index (χ1) is 17.5. The number of methoxy groups -OCH3 is 2. The van der Waals surface area contributed by atoms with Gasteiger partial charge in [-0.3, -0.25) is 9.69 Å². The summed E-state index contributed by atoms with van der Waals surface area (Å²) in [6.45, 7) is 4.24. The molecule has 1 atom stereocenters. The van der Waals surface area contributed by atoms with Crippen LogP contribution in [0, 0.1) is 0 Å². The number of anilines is 2. The fourth-order valence-corrected chi connectivity index (χ4v) is 4.65. The molecule has 1 saturated heterocycles. The van der Waals surface area contributed by atoms with Crippen LogP contribution >= 0.6 is 0 Å². The van der Waals surface area contributed by atoms with Crippen molar-refractivity contribution < 1.29 is 14.3 Å². The van der Waals surface area contributed by atoms with Gasteiger partial charge < -0.3 is 24.6 Å². The predicted molar refractivity (Wildman–Crippen MR) is 146 cm³/mol. The number of benzene rings is 3. The maximum absolute atomic E-state index is 13.1. The molecule has 190 valence electrons. The Bertz CT molecular complexity index is 1130. The summed E-state index contributed by atoms with van der Waals surface area (Å²) < 4.78 is 10.7. The minimum atomic E-state index is -0.131. The molecule has 4 rings (SSSR count). The summed E-state index contributed by atoms with van der Waals surface area (Å²) in [5.41, 5.74) is 4.15. The van der Waals surface area contributed by atoms with E-state index in [1.54, 1.807) is 32.4 Å². The zero-order valence-corrected chi connectivity index (χ0v) is 21.6. The van der Waals surface area contributed by atoms with Gasteiger partial charge in [-0.25, -0.2) is 0 Å². The lowest BCUT2D eigenvalue weighted by Gasteiger charge is -2.40. The third-order valence-electron chi connectivity index (χ3n) is 6.77. The molecule has 1 aliphatic rings. The lowest BCUT2D eigenvalue weighted by Crippen LogP contribution is -2.50. The summed E-state index contributed by atoms with van der Waals surface area (Å²) in [5, 5.41) is 3.16. The first kappa shape index (κ1) is 25.4. The fourth-order valence-electron chi connectivity index (χ4n) is 4.65. The average Bonchev–Trinajstić information content (AvgIpc) is 2.93. The van der Waals surface area contributed by atoms with Crippen LogP contribution in [-0.4, -0.2) is 71.8 Å². The molecule has 1 N–H and O–H groups in total. The van der Waals surface area contributed by atoms with Crippen molar-refractivity contribution in [2.45, 2.75) is 6.04 Å². The van der Waals surface area contributed by atoms with Gasteiger partial charge in [0.2, 0.25) is 0 Å². The number of ether oxygens (including phenoxy) is 2. The van der Waals surface area contributed by atoms with Crippen molar-refractivity contribution in [2.24, 2.45) is 0 Å². The number of rotatable bonds is 9. The van der Waals surface area contributed by atoms with Gasteiger partial charge >= 0.3 is 0 Å². The zero-order chi connectivity index (χ0) is 25.5. The van der Waals surface area contributed by atoms with Crippen molar-refractivity contribution >= 4 is 17.3 Å². The molecule has 3 aromatic rings. The van der Waals surface area contributed by atoms with Crippen LogP contribution in [0.1, 0.15) is 22.0 Å². The lowest BCUT2D eigenvalue weighted by molar-refractivity contribution is 0.0929. The Morgan fingerprint density at radius 2 is 1.56 bits per heavy atom. The van der Waals surface area contributed by atoms with Crippen LogP contribution in [0.2, 0.25) is 0 Å². The minimum absolute atomic E-state index is 0.0724. The quantitative estimate of drug-likeness (QED) is 0.490. The number of amides is 1. The van der Waals surface area contributed by atoms with Gasteiger partial charge in [0.25, 0.3) is 5.91 Å². The van der Waals surface area contributed by atoms with E-state index in [0.29, 0.717) is 23.6 Å². The van der Waals surface area contributed by atoms with Crippen molar-refractivity contribution in [2.75, 3.05) is 70.8 Å². The predicted octanol–water partition coefficient (Wildman–Crippen LogP) is 4.06. The Labute approximate surface area is 214 Å². The van der Waals surface area contributed by atoms with E-state index < -0.39 is 0 Å². The summed E-state index contributed by atoms with van der Waals surface area (Å²) in [5.74, 6) is 1.01. The van der Waals surface area contributed by atoms with Gasteiger partial charge in [-0.05, 0) is 48.0 Å². The van der Waals surface area contributed by atoms with E-state index in [9.17, 15) is 4.79 Å². The van der Waals surface area contributed by atoms with Crippen LogP contribution in [-0.2, 0) is 0 Å². The molecule has 3 aromatic carbocycles. The van der Waals surface area contributed by atoms with Crippen molar-refractivity contribution in [3.8, 4) is 11.5 Å². The number of hydrogen-bond donors (Lipinski definition) is 1. The van der Waals surface area contributed by atoms with Gasteiger partial charge in [0.15, 0.2) is 11.5 Å². The Morgan fingerprint density at radius 3 is 2.17 bits per heavy atom. The van der Waals surface area contributed by atoms with Crippen LogP contribution in [0.4, 0.5) is 11.4 Å². The molecular formula is C29H36N4O3. The molecule has 0 aliphatic carbocycles. The van der Waals surface area contributed by atoms with Crippen LogP contribution in [0.25, 0.3) is 0 Å². The molecule has 0 spiro atoms. The van der Waals surface area contributed by atoms with Gasteiger partial charge in [-0.2, -0.15) is 0 Å². The normalized spacial score (nSPS) is 14.7. The van der Waals surface area contributed by atoms with Gasteiger partial charge in [-0.15, -0.1) is 0 Å². The highest BCUT2D eigenvalue weighted by Crippen LogP contribution is 2.28. The number of carbonyl (C=O) groups is 1. The van der Waals surface area contributed by atoms with Gasteiger partial charge in [-0.1, -0.05) is 30.3 Å². The third-order valence-corrected chi connectivity index (χ3v) is 6.77. The number of piperazine rings is 1. The van der Waals surface area contributed by atoms with E-state index in [2.05, 4.69) is 68.5 Å². The molecule has 1 aliphatic heterocycles. The van der Waals surface area contributed by atoms with E-state index in [1.807, 2.05) is 20.2 Å². The van der Waals surface area contributed by atoms with E-state index in [-0.39, 0.29) is 11.9 Å². The van der Waals surface area contributed by atoms with Gasteiger partial charge in [0.1, 0.15) is 0 Å². The maximum atomic E-state index is 13.1. The lowest BCUT2D eigenvalue weighted by atomic mass is 10.0. The highest BCUT2D eigenvalue weighted by molar-refractivity contribution is 5.94. The molecule has 0 unspecified atom stereocenters. The molecule has 0 saturated carbocycles. The SMILES string of the molecule is COc1ccc(C(=O)NC[C@@H](c2ccc(N(C)C)cc2)N2CCN(c3ccccc3)CC2)cc1OC. The van der Waals surface area contributed by atoms with Crippen molar-refractivity contribution in [1.29, 1.82) is 0 Å². The Morgan fingerprint density at radius 1 is 0.889 bits per heavy atom. The molecule has 0 aromatic heterocycles. The molecular weight excluding hydrogens is 452 g/mol. The molecule has 36 heavy (non-hydrogen) atoms. The van der Waals surface area contributed by atoms with Crippen molar-refractivity contribution in [3.05, 3.63) is 83.9 Å². The molecule has 1 amide bonds. The Balaban J connectivity index is 1.49. The number of carbonyl (C=O) groups excluding carboxylic acids is 1. The molecule has 7 heteroatoms. The van der Waals surface area contributed by atoms with Crippen LogP contribution < -0.4 is 24.6 Å². The van der Waals surface area contributed by atoms with E-state index in [1.165, 1.54) is 11.3 Å². The van der Waals surface area contributed by atoms with Crippen molar-refractivity contribution in [1.82, 2.24) is 10.2 Å². The summed E-state index contributed by atoms with van der Waals surface area (Å²) >= 11 is 0. The second-order valence-electron chi connectivity index (χ2n) is 9.14. The van der Waals surface area contributed by atoms with Gasteiger partial charge in [0.05, 0.1) is 20.3 Å². The molecule has 7 nitrogen and oxygen atoms in total. The molecule has 1 heterocycles. The smallest absolute Gasteiger partial charge is 0.251 e. The number of nitrogens with one attached hydrogen (secondary N) is 1. The first-order valence-corrected chi connectivity index (χ1v) is 12.3. The Hall–Kier alpha value is -3.71. The van der Waals surface area contributed by atoms with Gasteiger partial charge in [0, 0.05) is 63.8 Å². The number of para-hydroxylation sites is 1. The molecule has 1 fully saturated rings. The zero-order valence-electron chi connectivity index (χ0n) is 21.6. The third kappa shape index (κ3) is 5.91. The summed E-state index contributed by atoms with van der Waals surface area (Å²) in [4.78, 5) is 20.1. The van der Waals surface area contributed by atoms with Crippen LogP contribution in [0.5, 0.6) is 11.5 Å². The van der Waals surface area contributed by atoms with E-state index >= 15 is 0 Å². The topological polar surface area (TPSA) is 57.3 Å². The second kappa shape index (κ2) is 11.8. The highest BCUT2D eigenvalue weighted by atomic mass is 16.5. The largest absolute Gasteiger partial charge is 0.493 e. The highest BCUT2D eigenvalue weighted by Gasteiger charge is 2.26. The number of hydrogen-bond acceptors (Lipinski definition) is 6. The van der Waals surface area contributed by atoms with Crippen molar-refractivity contribution in [3.63, 3.8) is 0 Å². The summed E-state index contributed by atoms with van der Waals surface area (Å²) in [6, 6.07) is 24.5. The first-order valence-electron chi connectivity index (χ1n) is 12.3. The monoisotopic (exact) mass is 488 g/mol. The average molecular weight is 489 g/mol. The standard InChI is InChI=1S/C29H36N4O3/c1-31(2)24-13-10-22(11-14-24)26(33-18-16-32(17-19-33)25-8-6-5-7-9-25)21-30-29(34)23-12-15-27(35-3)28(20-23)36-4/h5-15,20,26H,16-19,21H2,1-4H3,(H,30,34)/t26-/m0/s1. The maximum Gasteiger partial charge on any atom is 0.251 e. The molecule has 0 bridgehead atoms. The van der Waals surface area contributed by atoms with Crippen LogP contribution in [0.15, 0.2) is 72.8 Å². The summed E-state index contributed by atoms with van der Waals surface area (Å²) in [7, 11) is 7.24. The fraction of sp³-hybridized carbons (Fsp3) is 0.345. The number of nitrogens with zero attached hydrogens (tertiary/aromatic N) is 3. The van der Waals surface area contributed by atoms with Crippen LogP contribution in [0.3, 0.4) is 0 Å². The van der Waals surface area contributed by atoms with E-state index in [4.69, 9.17) is 9.47 Å². The van der Waals surface area contributed by atoms with E-state index in [0.717, 1.165) is 31.9 Å².